The molecule has 0 spiro atoms. The van der Waals surface area contributed by atoms with E-state index in [-0.39, 0.29) is 31.5 Å². The third-order valence-corrected chi connectivity index (χ3v) is 5.42. The van der Waals surface area contributed by atoms with Gasteiger partial charge in [-0.15, -0.1) is 0 Å². The van der Waals surface area contributed by atoms with E-state index < -0.39 is 38.0 Å². The first-order valence-electron chi connectivity index (χ1n) is 9.38. The van der Waals surface area contributed by atoms with E-state index in [1.54, 1.807) is 0 Å². The molecule has 1 N–H and O–H groups in total. The lowest BCUT2D eigenvalue weighted by atomic mass is 9.95. The Kier molecular flexibility index (Phi) is 8.84. The quantitative estimate of drug-likeness (QED) is 0.411. The molecule has 2 aliphatic rings. The second-order valence-electron chi connectivity index (χ2n) is 7.53. The summed E-state index contributed by atoms with van der Waals surface area (Å²) in [6.45, 7) is 7.64. The highest BCUT2D eigenvalue weighted by atomic mass is 31.2. The fourth-order valence-electron chi connectivity index (χ4n) is 3.16. The van der Waals surface area contributed by atoms with E-state index in [9.17, 15) is 9.46 Å². The van der Waals surface area contributed by atoms with Crippen LogP contribution in [0.15, 0.2) is 0 Å². The van der Waals surface area contributed by atoms with Crippen LogP contribution >= 0.6 is 7.75 Å². The average molecular weight is 400 g/mol. The lowest BCUT2D eigenvalue weighted by Gasteiger charge is -2.31. The van der Waals surface area contributed by atoms with Crippen molar-refractivity contribution in [3.63, 3.8) is 0 Å². The highest BCUT2D eigenvalue weighted by Crippen LogP contribution is 2.37. The molecule has 0 saturated carbocycles. The Hall–Kier alpha value is 0.0799. The van der Waals surface area contributed by atoms with Gasteiger partial charge in [-0.2, -0.15) is 0 Å². The van der Waals surface area contributed by atoms with Crippen molar-refractivity contribution in [2.75, 3.05) is 13.2 Å². The molecule has 0 bridgehead atoms. The lowest BCUT2D eigenvalue weighted by molar-refractivity contribution is -0.206. The molecule has 152 valence electrons. The Morgan fingerprint density at radius 1 is 1.07 bits per heavy atom. The number of rotatable bonds is 10. The van der Waals surface area contributed by atoms with Crippen molar-refractivity contribution in [1.82, 2.24) is 5.09 Å². The third kappa shape index (κ3) is 7.78. The zero-order valence-electron chi connectivity index (χ0n) is 16.4. The second-order valence-corrected chi connectivity index (χ2v) is 9.04. The SMILES string of the molecule is [B][C@H]1C[C@@H](NP(=O)([O-])OC[C@H]2O[C@@H]([B])C[C@H]2OC(C)C)[C@@H](COC(C)C)O1. The minimum atomic E-state index is -4.35. The summed E-state index contributed by atoms with van der Waals surface area (Å²) < 4.78 is 39.8. The van der Waals surface area contributed by atoms with Crippen molar-refractivity contribution in [2.45, 2.75) is 89.1 Å². The van der Waals surface area contributed by atoms with Crippen molar-refractivity contribution in [3.8, 4) is 0 Å². The van der Waals surface area contributed by atoms with Gasteiger partial charge < -0.3 is 28.4 Å². The molecule has 0 amide bonds. The molecule has 0 aromatic rings. The van der Waals surface area contributed by atoms with Crippen LogP contribution in [-0.4, -0.2) is 77.5 Å². The minimum absolute atomic E-state index is 0.00277. The summed E-state index contributed by atoms with van der Waals surface area (Å²) in [5.41, 5.74) is 0. The molecule has 0 aliphatic carbocycles. The van der Waals surface area contributed by atoms with Gasteiger partial charge in [0, 0.05) is 18.0 Å². The fraction of sp³-hybridized carbons (Fsp3) is 1.00. The minimum Gasteiger partial charge on any atom is -0.766 e. The highest BCUT2D eigenvalue weighted by Gasteiger charge is 2.37. The molecule has 2 saturated heterocycles. The van der Waals surface area contributed by atoms with Crippen LogP contribution in [0.1, 0.15) is 40.5 Å². The number of hydrogen-bond acceptors (Lipinski definition) is 7. The average Bonchev–Trinajstić information content (AvgIpc) is 3.04. The zero-order valence-corrected chi connectivity index (χ0v) is 17.3. The summed E-state index contributed by atoms with van der Waals surface area (Å²) in [6, 6.07) is -1.57. The van der Waals surface area contributed by atoms with E-state index in [1.807, 2.05) is 27.7 Å². The second kappa shape index (κ2) is 10.2. The van der Waals surface area contributed by atoms with Gasteiger partial charge in [0.25, 0.3) is 0 Å². The van der Waals surface area contributed by atoms with Crippen LogP contribution in [0.25, 0.3) is 0 Å². The predicted molar refractivity (Wildman–Crippen MR) is 99.6 cm³/mol. The van der Waals surface area contributed by atoms with Gasteiger partial charge in [0.15, 0.2) is 0 Å². The number of hydrogen-bond donors (Lipinski definition) is 1. The highest BCUT2D eigenvalue weighted by molar-refractivity contribution is 7.49. The van der Waals surface area contributed by atoms with Gasteiger partial charge in [-0.25, -0.2) is 0 Å². The van der Waals surface area contributed by atoms with Crippen molar-refractivity contribution in [3.05, 3.63) is 0 Å². The van der Waals surface area contributed by atoms with Gasteiger partial charge in [0.1, 0.15) is 21.8 Å². The molecule has 0 aromatic heterocycles. The topological polar surface area (TPSA) is 98.3 Å². The van der Waals surface area contributed by atoms with Crippen molar-refractivity contribution < 1.29 is 32.9 Å². The van der Waals surface area contributed by atoms with Crippen LogP contribution in [0.3, 0.4) is 0 Å². The third-order valence-electron chi connectivity index (χ3n) is 4.29. The molecule has 8 nitrogen and oxygen atoms in total. The standard InChI is InChI=1S/C16H30B2NO7P/c1-9(2)22-7-13-11(5-15(17)25-13)19-27(20,21)23-8-14-12(24-10(3)4)6-16(18)26-14/h9-16H,5-8H2,1-4H3,(H2,19,20,21)/p-1/t11-,12-,13-,14-,15-,16-/m1/s1. The first kappa shape index (κ1) is 23.4. The van der Waals surface area contributed by atoms with Crippen molar-refractivity contribution >= 4 is 23.4 Å². The zero-order chi connectivity index (χ0) is 20.2. The van der Waals surface area contributed by atoms with E-state index in [0.717, 1.165) is 0 Å². The summed E-state index contributed by atoms with van der Waals surface area (Å²) in [6.07, 6.45) is -0.523. The molecule has 11 heteroatoms. The van der Waals surface area contributed by atoms with Crippen LogP contribution in [0.5, 0.6) is 0 Å². The van der Waals surface area contributed by atoms with E-state index in [1.165, 1.54) is 0 Å². The molecule has 2 fully saturated rings. The smallest absolute Gasteiger partial charge is 0.204 e. The molecule has 7 atom stereocenters. The van der Waals surface area contributed by atoms with Gasteiger partial charge >= 0.3 is 0 Å². The molecular formula is C16H29B2NO7P-. The van der Waals surface area contributed by atoms with Gasteiger partial charge in [-0.3, -0.25) is 9.65 Å². The monoisotopic (exact) mass is 400 g/mol. The van der Waals surface area contributed by atoms with Crippen LogP contribution < -0.4 is 9.98 Å². The van der Waals surface area contributed by atoms with Gasteiger partial charge in [0.05, 0.1) is 37.6 Å². The summed E-state index contributed by atoms with van der Waals surface area (Å²) in [5, 5.41) is 2.52. The maximum absolute atomic E-state index is 12.4. The van der Waals surface area contributed by atoms with Crippen LogP contribution in [0.4, 0.5) is 0 Å². The first-order chi connectivity index (χ1) is 12.6. The van der Waals surface area contributed by atoms with E-state index in [4.69, 9.17) is 39.2 Å². The first-order valence-corrected chi connectivity index (χ1v) is 10.9. The largest absolute Gasteiger partial charge is 0.766 e. The molecule has 2 aliphatic heterocycles. The van der Waals surface area contributed by atoms with Gasteiger partial charge in [-0.05, 0) is 40.5 Å². The van der Waals surface area contributed by atoms with Gasteiger partial charge in [0.2, 0.25) is 7.75 Å². The Bertz CT molecular complexity index is 513. The van der Waals surface area contributed by atoms with Crippen LogP contribution in [0.2, 0.25) is 0 Å². The molecule has 1 unspecified atom stereocenters. The summed E-state index contributed by atoms with van der Waals surface area (Å²) in [4.78, 5) is 12.4. The Balaban J connectivity index is 1.87. The van der Waals surface area contributed by atoms with E-state index in [2.05, 4.69) is 5.09 Å². The van der Waals surface area contributed by atoms with Crippen LogP contribution in [-0.2, 0) is 28.0 Å². The molecule has 2 heterocycles. The van der Waals surface area contributed by atoms with Crippen LogP contribution in [0, 0.1) is 0 Å². The van der Waals surface area contributed by atoms with Gasteiger partial charge in [-0.1, -0.05) is 0 Å². The summed E-state index contributed by atoms with van der Waals surface area (Å²) in [5.74, 6) is 0. The molecule has 27 heavy (non-hydrogen) atoms. The number of nitrogens with one attached hydrogen (secondary N) is 1. The fourth-order valence-corrected chi connectivity index (χ4v) is 4.25. The Labute approximate surface area is 164 Å². The lowest BCUT2D eigenvalue weighted by Crippen LogP contribution is -2.41. The molecular weight excluding hydrogens is 371 g/mol. The number of ether oxygens (including phenoxy) is 4. The maximum atomic E-state index is 12.4. The Morgan fingerprint density at radius 2 is 1.70 bits per heavy atom. The predicted octanol–water partition coefficient (Wildman–Crippen LogP) is 0.215. The van der Waals surface area contributed by atoms with E-state index in [0.29, 0.717) is 12.8 Å². The maximum Gasteiger partial charge on any atom is 0.204 e. The Morgan fingerprint density at radius 3 is 2.33 bits per heavy atom. The molecule has 0 aromatic carbocycles. The molecule has 2 rings (SSSR count). The van der Waals surface area contributed by atoms with Crippen molar-refractivity contribution in [2.24, 2.45) is 0 Å². The normalized spacial score (nSPS) is 36.6. The summed E-state index contributed by atoms with van der Waals surface area (Å²) in [7, 11) is 7.23. The van der Waals surface area contributed by atoms with E-state index >= 15 is 0 Å². The molecule has 4 radical (unpaired) electrons. The summed E-state index contributed by atoms with van der Waals surface area (Å²) >= 11 is 0. The van der Waals surface area contributed by atoms with Crippen molar-refractivity contribution in [1.29, 1.82) is 0 Å².